The van der Waals surface area contributed by atoms with Crippen LogP contribution in [0.15, 0.2) is 74.7 Å². The quantitative estimate of drug-likeness (QED) is 0.430. The first-order chi connectivity index (χ1) is 16.4. The van der Waals surface area contributed by atoms with Gasteiger partial charge in [-0.2, -0.15) is 0 Å². The van der Waals surface area contributed by atoms with Gasteiger partial charge in [-0.25, -0.2) is 4.79 Å². The van der Waals surface area contributed by atoms with Gasteiger partial charge in [-0.1, -0.05) is 42.0 Å². The van der Waals surface area contributed by atoms with Crippen molar-refractivity contribution in [1.82, 2.24) is 13.7 Å². The van der Waals surface area contributed by atoms with Crippen LogP contribution in [0.4, 0.5) is 5.69 Å². The van der Waals surface area contributed by atoms with E-state index in [1.54, 1.807) is 11.6 Å². The summed E-state index contributed by atoms with van der Waals surface area (Å²) in [5, 5.41) is 4.10. The smallest absolute Gasteiger partial charge is 0.331 e. The van der Waals surface area contributed by atoms with Crippen LogP contribution in [0.5, 0.6) is 0 Å². The molecule has 0 bridgehead atoms. The lowest BCUT2D eigenvalue weighted by Gasteiger charge is -2.29. The molecule has 0 spiro atoms. The second kappa shape index (κ2) is 7.12. The third-order valence-electron chi connectivity index (χ3n) is 6.70. The number of aromatic nitrogens is 3. The van der Waals surface area contributed by atoms with Crippen LogP contribution < -0.4 is 16.6 Å². The minimum Gasteiger partial charge on any atom is -0.464 e. The summed E-state index contributed by atoms with van der Waals surface area (Å²) in [6, 6.07) is 19.6. The Balaban J connectivity index is 1.87. The second-order valence-electron chi connectivity index (χ2n) is 8.91. The molecule has 170 valence electrons. The van der Waals surface area contributed by atoms with Crippen LogP contribution in [0.3, 0.4) is 0 Å². The van der Waals surface area contributed by atoms with Crippen LogP contribution in [0.2, 0.25) is 0 Å². The highest BCUT2D eigenvalue weighted by atomic mass is 16.3. The van der Waals surface area contributed by atoms with E-state index in [0.717, 1.165) is 45.4 Å². The van der Waals surface area contributed by atoms with Crippen molar-refractivity contribution in [1.29, 1.82) is 0 Å². The molecule has 1 atom stereocenters. The molecule has 0 saturated heterocycles. The molecule has 0 fully saturated rings. The van der Waals surface area contributed by atoms with Gasteiger partial charge in [0.2, 0.25) is 0 Å². The number of fused-ring (bicyclic) bond motifs is 5. The fraction of sp³-hybridized carbons (Fsp3) is 0.185. The van der Waals surface area contributed by atoms with E-state index in [4.69, 9.17) is 4.42 Å². The molecule has 2 aromatic carbocycles. The number of nitrogens with zero attached hydrogens (tertiary/aromatic N) is 3. The normalized spacial score (nSPS) is 14.6. The number of furan rings is 1. The monoisotopic (exact) mass is 452 g/mol. The lowest BCUT2D eigenvalue weighted by molar-refractivity contribution is 0.469. The Morgan fingerprint density at radius 1 is 0.882 bits per heavy atom. The fourth-order valence-corrected chi connectivity index (χ4v) is 5.03. The number of aryl methyl sites for hydroxylation is 3. The van der Waals surface area contributed by atoms with E-state index in [1.165, 1.54) is 11.6 Å². The highest BCUT2D eigenvalue weighted by Crippen LogP contribution is 2.45. The first kappa shape index (κ1) is 20.4. The predicted molar refractivity (Wildman–Crippen MR) is 133 cm³/mol. The molecule has 3 aromatic heterocycles. The van der Waals surface area contributed by atoms with Crippen molar-refractivity contribution in [2.24, 2.45) is 14.1 Å². The van der Waals surface area contributed by atoms with Crippen molar-refractivity contribution in [2.75, 3.05) is 5.32 Å². The molecule has 1 N–H and O–H groups in total. The van der Waals surface area contributed by atoms with E-state index >= 15 is 0 Å². The summed E-state index contributed by atoms with van der Waals surface area (Å²) in [5.74, 6) is 1.51. The molecule has 0 saturated carbocycles. The average molecular weight is 453 g/mol. The van der Waals surface area contributed by atoms with Crippen LogP contribution >= 0.6 is 0 Å². The van der Waals surface area contributed by atoms with Gasteiger partial charge in [0.25, 0.3) is 5.56 Å². The Morgan fingerprint density at radius 2 is 1.62 bits per heavy atom. The zero-order valence-electron chi connectivity index (χ0n) is 19.4. The summed E-state index contributed by atoms with van der Waals surface area (Å²) in [6.07, 6.45) is 0. The van der Waals surface area contributed by atoms with E-state index in [2.05, 4.69) is 9.88 Å². The SMILES string of the molecule is Cc1ccc(-c2c3c(=O)n(C)c(=O)n(C)c3c3n2-c2ccccc2N[C@H]3c2ccc(C)o2)cc1. The average Bonchev–Trinajstić information content (AvgIpc) is 3.43. The van der Waals surface area contributed by atoms with E-state index in [1.807, 2.05) is 74.5 Å². The summed E-state index contributed by atoms with van der Waals surface area (Å²) >= 11 is 0. The van der Waals surface area contributed by atoms with Gasteiger partial charge in [0.15, 0.2) is 0 Å². The molecule has 6 rings (SSSR count). The molecular formula is C27H24N4O3. The number of rotatable bonds is 2. The second-order valence-corrected chi connectivity index (χ2v) is 8.91. The number of benzene rings is 2. The molecule has 7 nitrogen and oxygen atoms in total. The summed E-state index contributed by atoms with van der Waals surface area (Å²) in [4.78, 5) is 26.7. The Morgan fingerprint density at radius 3 is 2.32 bits per heavy atom. The van der Waals surface area contributed by atoms with Crippen molar-refractivity contribution in [2.45, 2.75) is 19.9 Å². The predicted octanol–water partition coefficient (Wildman–Crippen LogP) is 4.42. The van der Waals surface area contributed by atoms with Gasteiger partial charge in [0.1, 0.15) is 17.6 Å². The molecule has 5 aromatic rings. The topological polar surface area (TPSA) is 74.1 Å². The third kappa shape index (κ3) is 2.70. The molecule has 0 unspecified atom stereocenters. The van der Waals surface area contributed by atoms with Crippen LogP contribution in [-0.2, 0) is 14.1 Å². The van der Waals surface area contributed by atoms with Crippen LogP contribution in [0.25, 0.3) is 27.8 Å². The summed E-state index contributed by atoms with van der Waals surface area (Å²) in [5.41, 5.74) is 5.36. The van der Waals surface area contributed by atoms with E-state index in [0.29, 0.717) is 10.9 Å². The molecular weight excluding hydrogens is 428 g/mol. The first-order valence-electron chi connectivity index (χ1n) is 11.2. The zero-order valence-corrected chi connectivity index (χ0v) is 19.4. The third-order valence-corrected chi connectivity index (χ3v) is 6.70. The Bertz CT molecular complexity index is 1710. The van der Waals surface area contributed by atoms with E-state index in [9.17, 15) is 9.59 Å². The molecule has 1 aliphatic heterocycles. The van der Waals surface area contributed by atoms with Gasteiger partial charge in [0.05, 0.1) is 33.7 Å². The number of hydrogen-bond acceptors (Lipinski definition) is 4. The van der Waals surface area contributed by atoms with Crippen LogP contribution in [0.1, 0.15) is 28.8 Å². The molecule has 1 aliphatic rings. The minimum atomic E-state index is -0.386. The number of nitrogens with one attached hydrogen (secondary N) is 1. The Labute approximate surface area is 195 Å². The van der Waals surface area contributed by atoms with Crippen molar-refractivity contribution in [3.63, 3.8) is 0 Å². The zero-order chi connectivity index (χ0) is 23.7. The minimum absolute atomic E-state index is 0.317. The van der Waals surface area contributed by atoms with Gasteiger partial charge in [-0.05, 0) is 43.7 Å². The lowest BCUT2D eigenvalue weighted by atomic mass is 10.1. The molecule has 0 amide bonds. The molecule has 4 heterocycles. The van der Waals surface area contributed by atoms with E-state index in [-0.39, 0.29) is 17.3 Å². The van der Waals surface area contributed by atoms with Gasteiger partial charge in [0, 0.05) is 14.1 Å². The molecule has 0 radical (unpaired) electrons. The molecule has 7 heteroatoms. The van der Waals surface area contributed by atoms with Gasteiger partial charge < -0.3 is 14.3 Å². The summed E-state index contributed by atoms with van der Waals surface area (Å²) in [7, 11) is 3.24. The maximum Gasteiger partial charge on any atom is 0.331 e. The number of para-hydroxylation sites is 2. The Hall–Kier alpha value is -4.26. The largest absolute Gasteiger partial charge is 0.464 e. The van der Waals surface area contributed by atoms with Crippen molar-refractivity contribution >= 4 is 16.6 Å². The van der Waals surface area contributed by atoms with Crippen LogP contribution in [0, 0.1) is 13.8 Å². The number of hydrogen-bond donors (Lipinski definition) is 1. The standard InChI is InChI=1S/C27H24N4O3/c1-15-9-12-17(13-10-15)23-21-24(29(3)27(33)30(4)26(21)32)25-22(20-14-11-16(2)34-20)28-18-7-5-6-8-19(18)31(23)25/h5-14,22,28H,1-4H3/t22-/m0/s1. The highest BCUT2D eigenvalue weighted by molar-refractivity contribution is 5.99. The van der Waals surface area contributed by atoms with Crippen molar-refractivity contribution in [3.05, 3.63) is 104 Å². The van der Waals surface area contributed by atoms with Gasteiger partial charge >= 0.3 is 5.69 Å². The molecule has 34 heavy (non-hydrogen) atoms. The maximum atomic E-state index is 13.6. The van der Waals surface area contributed by atoms with Crippen molar-refractivity contribution < 1.29 is 4.42 Å². The Kier molecular flexibility index (Phi) is 4.26. The fourth-order valence-electron chi connectivity index (χ4n) is 5.03. The maximum absolute atomic E-state index is 13.6. The van der Waals surface area contributed by atoms with Gasteiger partial charge in [-0.15, -0.1) is 0 Å². The van der Waals surface area contributed by atoms with Gasteiger partial charge in [-0.3, -0.25) is 13.9 Å². The lowest BCUT2D eigenvalue weighted by Crippen LogP contribution is -2.37. The summed E-state index contributed by atoms with van der Waals surface area (Å²) in [6.45, 7) is 3.94. The summed E-state index contributed by atoms with van der Waals surface area (Å²) < 4.78 is 10.9. The van der Waals surface area contributed by atoms with Crippen LogP contribution in [-0.4, -0.2) is 13.7 Å². The number of anilines is 1. The molecule has 0 aliphatic carbocycles. The highest BCUT2D eigenvalue weighted by Gasteiger charge is 2.35. The van der Waals surface area contributed by atoms with E-state index < -0.39 is 0 Å². The van der Waals surface area contributed by atoms with Crippen molar-refractivity contribution in [3.8, 4) is 16.9 Å². The first-order valence-corrected chi connectivity index (χ1v) is 11.2.